The summed E-state index contributed by atoms with van der Waals surface area (Å²) in [5, 5.41) is 6.95. The summed E-state index contributed by atoms with van der Waals surface area (Å²) >= 11 is 5.65. The van der Waals surface area contributed by atoms with Crippen molar-refractivity contribution in [2.24, 2.45) is 7.05 Å². The van der Waals surface area contributed by atoms with Gasteiger partial charge in [-0.05, 0) is 48.1 Å². The number of anilines is 1. The molecule has 1 aliphatic heterocycles. The quantitative estimate of drug-likeness (QED) is 0.554. The summed E-state index contributed by atoms with van der Waals surface area (Å²) in [6.45, 7) is 0.482. The first-order chi connectivity index (χ1) is 15.1. The van der Waals surface area contributed by atoms with Crippen molar-refractivity contribution in [3.05, 3.63) is 78.4 Å². The van der Waals surface area contributed by atoms with Crippen molar-refractivity contribution in [3.8, 4) is 5.75 Å². The van der Waals surface area contributed by atoms with E-state index in [4.69, 9.17) is 17.0 Å². The Morgan fingerprint density at radius 3 is 2.74 bits per heavy atom. The van der Waals surface area contributed by atoms with Gasteiger partial charge in [0, 0.05) is 38.6 Å². The molecule has 1 aliphatic rings. The lowest BCUT2D eigenvalue weighted by Crippen LogP contribution is -2.32. The Balaban J connectivity index is 1.52. The van der Waals surface area contributed by atoms with E-state index in [-0.39, 0.29) is 24.4 Å². The molecule has 2 unspecified atom stereocenters. The van der Waals surface area contributed by atoms with Crippen LogP contribution in [0.1, 0.15) is 29.8 Å². The number of benzene rings is 1. The molecule has 8 heteroatoms. The minimum atomic E-state index is -0.0969. The number of amides is 1. The van der Waals surface area contributed by atoms with Gasteiger partial charge in [0.2, 0.25) is 5.91 Å². The lowest BCUT2D eigenvalue weighted by molar-refractivity contribution is -0.116. The third-order valence-electron chi connectivity index (χ3n) is 5.35. The summed E-state index contributed by atoms with van der Waals surface area (Å²) in [6.07, 6.45) is 6.17. The average molecular weight is 436 g/mol. The van der Waals surface area contributed by atoms with Crippen molar-refractivity contribution >= 4 is 28.9 Å². The Morgan fingerprint density at radius 2 is 2.03 bits per heavy atom. The zero-order valence-corrected chi connectivity index (χ0v) is 18.3. The first-order valence-corrected chi connectivity index (χ1v) is 10.5. The number of aryl methyl sites for hydroxylation is 1. The van der Waals surface area contributed by atoms with Crippen LogP contribution in [-0.4, -0.2) is 39.1 Å². The molecular formula is C23H25N5O2S. The van der Waals surface area contributed by atoms with Gasteiger partial charge in [0.15, 0.2) is 5.11 Å². The lowest BCUT2D eigenvalue weighted by atomic mass is 9.99. The Kier molecular flexibility index (Phi) is 6.18. The summed E-state index contributed by atoms with van der Waals surface area (Å²) in [7, 11) is 3.58. The Morgan fingerprint density at radius 1 is 1.23 bits per heavy atom. The summed E-state index contributed by atoms with van der Waals surface area (Å²) in [5.74, 6) is 0.534. The van der Waals surface area contributed by atoms with Gasteiger partial charge in [0.25, 0.3) is 0 Å². The van der Waals surface area contributed by atoms with E-state index >= 15 is 0 Å². The molecule has 160 valence electrons. The highest BCUT2D eigenvalue weighted by Gasteiger charge is 2.40. The van der Waals surface area contributed by atoms with Crippen LogP contribution in [0.3, 0.4) is 0 Å². The number of hydrogen-bond donors (Lipinski definition) is 2. The molecule has 31 heavy (non-hydrogen) atoms. The Hall–Kier alpha value is -3.39. The van der Waals surface area contributed by atoms with Gasteiger partial charge >= 0.3 is 0 Å². The van der Waals surface area contributed by atoms with Gasteiger partial charge in [-0.25, -0.2) is 0 Å². The van der Waals surface area contributed by atoms with Gasteiger partial charge in [0.1, 0.15) is 5.75 Å². The Labute approximate surface area is 187 Å². The van der Waals surface area contributed by atoms with E-state index in [9.17, 15) is 4.79 Å². The summed E-state index contributed by atoms with van der Waals surface area (Å²) in [6, 6.07) is 15.2. The van der Waals surface area contributed by atoms with Crippen LogP contribution in [0.4, 0.5) is 5.69 Å². The number of rotatable bonds is 7. The molecular weight excluding hydrogens is 410 g/mol. The molecule has 1 amide bonds. The number of aromatic nitrogens is 2. The number of methoxy groups -OCH3 is 1. The van der Waals surface area contributed by atoms with E-state index < -0.39 is 0 Å². The fourth-order valence-electron chi connectivity index (χ4n) is 3.89. The third-order valence-corrected chi connectivity index (χ3v) is 5.71. The molecule has 2 atom stereocenters. The highest BCUT2D eigenvalue weighted by Crippen LogP contribution is 2.38. The molecule has 3 aromatic rings. The molecule has 0 aliphatic carbocycles. The predicted molar refractivity (Wildman–Crippen MR) is 124 cm³/mol. The maximum Gasteiger partial charge on any atom is 0.226 e. The molecule has 3 heterocycles. The second-order valence-electron chi connectivity index (χ2n) is 7.43. The topological polar surface area (TPSA) is 71.4 Å². The highest BCUT2D eigenvalue weighted by atomic mass is 32.1. The molecule has 1 aromatic carbocycles. The summed E-state index contributed by atoms with van der Waals surface area (Å²) in [4.78, 5) is 19.3. The minimum Gasteiger partial charge on any atom is -0.495 e. The molecule has 0 radical (unpaired) electrons. The smallest absolute Gasteiger partial charge is 0.226 e. The van der Waals surface area contributed by atoms with E-state index in [2.05, 4.69) is 32.8 Å². The molecule has 4 rings (SSSR count). The van der Waals surface area contributed by atoms with E-state index in [1.54, 1.807) is 13.3 Å². The first-order valence-electron chi connectivity index (χ1n) is 10.1. The van der Waals surface area contributed by atoms with E-state index in [1.165, 1.54) is 0 Å². The zero-order valence-electron chi connectivity index (χ0n) is 17.5. The second-order valence-corrected chi connectivity index (χ2v) is 7.82. The van der Waals surface area contributed by atoms with Crippen molar-refractivity contribution in [1.82, 2.24) is 19.8 Å². The maximum atomic E-state index is 12.7. The van der Waals surface area contributed by atoms with Crippen LogP contribution in [0.15, 0.2) is 67.1 Å². The number of pyridine rings is 1. The molecule has 1 fully saturated rings. The predicted octanol–water partition coefficient (Wildman–Crippen LogP) is 3.43. The van der Waals surface area contributed by atoms with Crippen LogP contribution < -0.4 is 15.4 Å². The van der Waals surface area contributed by atoms with E-state index in [0.29, 0.717) is 23.1 Å². The fraction of sp³-hybridized carbons (Fsp3) is 0.261. The van der Waals surface area contributed by atoms with Gasteiger partial charge in [0.05, 0.1) is 30.6 Å². The fourth-order valence-corrected chi connectivity index (χ4v) is 4.22. The largest absolute Gasteiger partial charge is 0.495 e. The molecule has 2 N–H and O–H groups in total. The van der Waals surface area contributed by atoms with Gasteiger partial charge in [-0.1, -0.05) is 18.2 Å². The third kappa shape index (κ3) is 4.54. The summed E-state index contributed by atoms with van der Waals surface area (Å²) in [5.41, 5.74) is 2.69. The highest BCUT2D eigenvalue weighted by molar-refractivity contribution is 7.80. The van der Waals surface area contributed by atoms with Gasteiger partial charge in [-0.15, -0.1) is 0 Å². The first kappa shape index (κ1) is 20.9. The van der Waals surface area contributed by atoms with Crippen molar-refractivity contribution in [2.75, 3.05) is 19.0 Å². The molecule has 2 aromatic heterocycles. The lowest BCUT2D eigenvalue weighted by Gasteiger charge is -2.27. The van der Waals surface area contributed by atoms with Crippen LogP contribution in [0.2, 0.25) is 0 Å². The number of para-hydroxylation sites is 2. The van der Waals surface area contributed by atoms with E-state index in [1.807, 2.05) is 60.3 Å². The van der Waals surface area contributed by atoms with Gasteiger partial charge in [-0.3, -0.25) is 9.78 Å². The monoisotopic (exact) mass is 435 g/mol. The van der Waals surface area contributed by atoms with Gasteiger partial charge in [-0.2, -0.15) is 0 Å². The van der Waals surface area contributed by atoms with E-state index in [0.717, 1.165) is 11.3 Å². The number of thiocarbonyl (C=S) groups is 1. The second kappa shape index (κ2) is 9.18. The molecule has 0 bridgehead atoms. The van der Waals surface area contributed by atoms with Crippen LogP contribution in [-0.2, 0) is 11.8 Å². The van der Waals surface area contributed by atoms with Gasteiger partial charge < -0.3 is 24.8 Å². The standard InChI is InChI=1S/C23H25N5O2S/c1-27-13-10-16(15-27)22-21(18-8-5-6-12-24-18)26-23(31)28(22)14-11-20(29)25-17-7-3-4-9-19(17)30-2/h3-10,12-13,15,21-22H,11,14H2,1-2H3,(H,25,29)(H,26,31). The number of hydrogen-bond acceptors (Lipinski definition) is 4. The molecule has 0 saturated carbocycles. The molecule has 0 spiro atoms. The van der Waals surface area contributed by atoms with Crippen LogP contribution in [0.25, 0.3) is 0 Å². The number of ether oxygens (including phenoxy) is 1. The minimum absolute atomic E-state index is 0.0531. The van der Waals surface area contributed by atoms with Crippen LogP contribution in [0, 0.1) is 0 Å². The average Bonchev–Trinajstić information content (AvgIpc) is 3.35. The summed E-state index contributed by atoms with van der Waals surface area (Å²) < 4.78 is 7.33. The van der Waals surface area contributed by atoms with Crippen molar-refractivity contribution < 1.29 is 9.53 Å². The van der Waals surface area contributed by atoms with Crippen LogP contribution in [0.5, 0.6) is 5.75 Å². The Bertz CT molecular complexity index is 1070. The molecule has 7 nitrogen and oxygen atoms in total. The number of nitrogens with zero attached hydrogens (tertiary/aromatic N) is 3. The van der Waals surface area contributed by atoms with Crippen LogP contribution >= 0.6 is 12.2 Å². The SMILES string of the molecule is COc1ccccc1NC(=O)CCN1C(=S)NC(c2ccccn2)C1c1ccn(C)c1. The van der Waals surface area contributed by atoms with Crippen molar-refractivity contribution in [1.29, 1.82) is 0 Å². The van der Waals surface area contributed by atoms with Crippen molar-refractivity contribution in [3.63, 3.8) is 0 Å². The normalized spacial score (nSPS) is 18.0. The number of carbonyl (C=O) groups excluding carboxylic acids is 1. The van der Waals surface area contributed by atoms with Crippen molar-refractivity contribution in [2.45, 2.75) is 18.5 Å². The maximum absolute atomic E-state index is 12.7. The number of nitrogens with one attached hydrogen (secondary N) is 2. The zero-order chi connectivity index (χ0) is 21.8. The number of carbonyl (C=O) groups is 1. The molecule has 1 saturated heterocycles.